The predicted octanol–water partition coefficient (Wildman–Crippen LogP) is 6.39. The molecule has 1 heterocycles. The number of methoxy groups -OCH3 is 1. The molecule has 2 amide bonds. The lowest BCUT2D eigenvalue weighted by Gasteiger charge is -2.21. The Morgan fingerprint density at radius 1 is 1.00 bits per heavy atom. The summed E-state index contributed by atoms with van der Waals surface area (Å²) >= 11 is 0. The van der Waals surface area contributed by atoms with Gasteiger partial charge in [-0.1, -0.05) is 31.2 Å². The molecule has 0 aliphatic heterocycles. The van der Waals surface area contributed by atoms with Crippen molar-refractivity contribution >= 4 is 17.9 Å². The molecule has 2 aromatic carbocycles. The number of nitrogens with one attached hydrogen (secondary N) is 2. The minimum absolute atomic E-state index is 0.135. The van der Waals surface area contributed by atoms with E-state index >= 15 is 0 Å². The highest BCUT2D eigenvalue weighted by molar-refractivity contribution is 6.03. The number of carbonyl (C=O) groups excluding carboxylic acids is 2. The van der Waals surface area contributed by atoms with Gasteiger partial charge in [-0.15, -0.1) is 0 Å². The van der Waals surface area contributed by atoms with Crippen LogP contribution >= 0.6 is 0 Å². The monoisotopic (exact) mass is 528 g/mol. The minimum Gasteiger partial charge on any atom is -0.497 e. The van der Waals surface area contributed by atoms with E-state index in [1.165, 1.54) is 24.3 Å². The zero-order valence-electron chi connectivity index (χ0n) is 22.0. The number of carbonyl (C=O) groups is 2. The number of amides is 2. The summed E-state index contributed by atoms with van der Waals surface area (Å²) in [5.41, 5.74) is 0.591. The molecule has 3 aromatic rings. The Hall–Kier alpha value is -4.01. The molecule has 38 heavy (non-hydrogen) atoms. The highest BCUT2D eigenvalue weighted by Crippen LogP contribution is 2.36. The maximum Gasteiger partial charge on any atom is 0.416 e. The van der Waals surface area contributed by atoms with Gasteiger partial charge in [0.25, 0.3) is 5.91 Å². The molecule has 1 aromatic heterocycles. The molecule has 202 valence electrons. The maximum atomic E-state index is 13.3. The highest BCUT2D eigenvalue weighted by atomic mass is 19.4. The molecule has 3 rings (SSSR count). The molecule has 0 spiro atoms. The average Bonchev–Trinajstić information content (AvgIpc) is 3.24. The number of rotatable bonds is 8. The van der Waals surface area contributed by atoms with Crippen molar-refractivity contribution in [2.24, 2.45) is 0 Å². The molecule has 0 saturated carbocycles. The number of hydrogen-bond acceptors (Lipinski definition) is 4. The summed E-state index contributed by atoms with van der Waals surface area (Å²) in [5, 5.41) is 5.67. The predicted molar refractivity (Wildman–Crippen MR) is 140 cm³/mol. The van der Waals surface area contributed by atoms with Crippen LogP contribution in [0.2, 0.25) is 0 Å². The van der Waals surface area contributed by atoms with Crippen molar-refractivity contribution in [1.82, 2.24) is 10.6 Å². The van der Waals surface area contributed by atoms with Crippen molar-refractivity contribution in [3.05, 3.63) is 82.6 Å². The number of hydrogen-bond donors (Lipinski definition) is 2. The van der Waals surface area contributed by atoms with E-state index in [2.05, 4.69) is 10.6 Å². The molecule has 0 saturated heterocycles. The van der Waals surface area contributed by atoms with Crippen LogP contribution in [0.15, 0.2) is 59.0 Å². The Bertz CT molecular complexity index is 1300. The zero-order chi connectivity index (χ0) is 28.1. The lowest BCUT2D eigenvalue weighted by atomic mass is 9.99. The van der Waals surface area contributed by atoms with Crippen molar-refractivity contribution in [2.75, 3.05) is 7.11 Å². The third-order valence-electron chi connectivity index (χ3n) is 5.59. The smallest absolute Gasteiger partial charge is 0.416 e. The van der Waals surface area contributed by atoms with Crippen molar-refractivity contribution in [3.63, 3.8) is 0 Å². The van der Waals surface area contributed by atoms with Crippen molar-refractivity contribution in [2.45, 2.75) is 52.4 Å². The summed E-state index contributed by atoms with van der Waals surface area (Å²) in [6, 6.07) is 11.7. The molecule has 0 aliphatic rings. The molecule has 6 nitrogen and oxygen atoms in total. The number of ether oxygens (including phenoxy) is 1. The second-order valence-corrected chi connectivity index (χ2v) is 9.68. The summed E-state index contributed by atoms with van der Waals surface area (Å²) < 4.78 is 50.4. The first kappa shape index (κ1) is 28.6. The molecule has 2 N–H and O–H groups in total. The van der Waals surface area contributed by atoms with Gasteiger partial charge in [0.05, 0.1) is 18.2 Å². The van der Waals surface area contributed by atoms with E-state index in [0.29, 0.717) is 29.8 Å². The van der Waals surface area contributed by atoms with Gasteiger partial charge in [0, 0.05) is 29.3 Å². The van der Waals surface area contributed by atoms with Crippen molar-refractivity contribution < 1.29 is 31.9 Å². The van der Waals surface area contributed by atoms with Crippen molar-refractivity contribution in [3.8, 4) is 17.1 Å². The Labute approximate surface area is 219 Å². The first-order valence-corrected chi connectivity index (χ1v) is 12.1. The van der Waals surface area contributed by atoms with Gasteiger partial charge in [0.2, 0.25) is 5.91 Å². The number of halogens is 3. The Kier molecular flexibility index (Phi) is 8.70. The second kappa shape index (κ2) is 11.6. The van der Waals surface area contributed by atoms with Crippen LogP contribution in [0.1, 0.15) is 60.5 Å². The summed E-state index contributed by atoms with van der Waals surface area (Å²) in [4.78, 5) is 25.7. The lowest BCUT2D eigenvalue weighted by Crippen LogP contribution is -2.41. The van der Waals surface area contributed by atoms with Gasteiger partial charge in [-0.3, -0.25) is 9.59 Å². The summed E-state index contributed by atoms with van der Waals surface area (Å²) in [7, 11) is 1.57. The summed E-state index contributed by atoms with van der Waals surface area (Å²) in [5.74, 6) is 0.323. The highest BCUT2D eigenvalue weighted by Gasteiger charge is 2.31. The summed E-state index contributed by atoms with van der Waals surface area (Å²) in [6.07, 6.45) is -1.34. The fraction of sp³-hybridized carbons (Fsp3) is 0.310. The number of alkyl halides is 3. The third-order valence-corrected chi connectivity index (χ3v) is 5.59. The molecular formula is C29H31F3N2O4. The van der Waals surface area contributed by atoms with Gasteiger partial charge in [0.15, 0.2) is 0 Å². The van der Waals surface area contributed by atoms with Crippen LogP contribution in [0.25, 0.3) is 17.4 Å². The van der Waals surface area contributed by atoms with Crippen LogP contribution in [0, 0.1) is 0 Å². The molecule has 0 unspecified atom stereocenters. The first-order valence-electron chi connectivity index (χ1n) is 12.1. The lowest BCUT2D eigenvalue weighted by molar-refractivity contribution is -0.137. The largest absolute Gasteiger partial charge is 0.497 e. The SMILES string of the molecule is CCc1c(/C=C/C(=O)NCc2ccc(OC)cc2)oc(-c2ccc(C(F)(F)F)cc2)c1C(=O)NC(C)(C)C. The molecule has 9 heteroatoms. The Morgan fingerprint density at radius 2 is 1.63 bits per heavy atom. The second-order valence-electron chi connectivity index (χ2n) is 9.68. The average molecular weight is 529 g/mol. The van der Waals surface area contributed by atoms with E-state index in [1.54, 1.807) is 19.2 Å². The zero-order valence-corrected chi connectivity index (χ0v) is 22.0. The van der Waals surface area contributed by atoms with E-state index in [4.69, 9.17) is 9.15 Å². The van der Waals surface area contributed by atoms with Crippen LogP contribution in [0.4, 0.5) is 13.2 Å². The van der Waals surface area contributed by atoms with Gasteiger partial charge < -0.3 is 19.8 Å². The normalized spacial score (nSPS) is 12.0. The van der Waals surface area contributed by atoms with E-state index in [0.717, 1.165) is 17.7 Å². The van der Waals surface area contributed by atoms with E-state index in [1.807, 2.05) is 39.8 Å². The van der Waals surface area contributed by atoms with Crippen LogP contribution in [0.5, 0.6) is 5.75 Å². The van der Waals surface area contributed by atoms with Gasteiger partial charge in [-0.25, -0.2) is 0 Å². The molecule has 0 atom stereocenters. The minimum atomic E-state index is -4.49. The van der Waals surface area contributed by atoms with E-state index in [-0.39, 0.29) is 23.0 Å². The fourth-order valence-corrected chi connectivity index (χ4v) is 3.77. The standard InChI is InChI=1S/C29H31F3N2O4/c1-6-22-23(15-16-24(35)33-17-18-7-13-21(37-5)14-8-18)38-26(25(22)27(36)34-28(2,3)4)19-9-11-20(12-10-19)29(30,31)32/h7-16H,6,17H2,1-5H3,(H,33,35)(H,34,36)/b16-15+. The first-order chi connectivity index (χ1) is 17.8. The third kappa shape index (κ3) is 7.27. The topological polar surface area (TPSA) is 80.6 Å². The van der Waals surface area contributed by atoms with Crippen LogP contribution in [-0.4, -0.2) is 24.5 Å². The summed E-state index contributed by atoms with van der Waals surface area (Å²) in [6.45, 7) is 7.59. The van der Waals surface area contributed by atoms with Gasteiger partial charge in [-0.2, -0.15) is 13.2 Å². The number of furan rings is 1. The van der Waals surface area contributed by atoms with Crippen LogP contribution in [-0.2, 0) is 23.9 Å². The Morgan fingerprint density at radius 3 is 2.16 bits per heavy atom. The molecule has 0 aliphatic carbocycles. The molecular weight excluding hydrogens is 497 g/mol. The Balaban J connectivity index is 1.92. The molecule has 0 radical (unpaired) electrons. The van der Waals surface area contributed by atoms with Crippen LogP contribution in [0.3, 0.4) is 0 Å². The van der Waals surface area contributed by atoms with E-state index < -0.39 is 23.2 Å². The maximum absolute atomic E-state index is 13.3. The van der Waals surface area contributed by atoms with Gasteiger partial charge in [-0.05, 0) is 63.1 Å². The molecule has 0 bridgehead atoms. The van der Waals surface area contributed by atoms with Gasteiger partial charge in [0.1, 0.15) is 17.3 Å². The fourth-order valence-electron chi connectivity index (χ4n) is 3.77. The quantitative estimate of drug-likeness (QED) is 0.332. The molecule has 0 fully saturated rings. The van der Waals surface area contributed by atoms with E-state index in [9.17, 15) is 22.8 Å². The van der Waals surface area contributed by atoms with Crippen molar-refractivity contribution in [1.29, 1.82) is 0 Å². The number of benzene rings is 2. The van der Waals surface area contributed by atoms with Crippen LogP contribution < -0.4 is 15.4 Å². The van der Waals surface area contributed by atoms with Gasteiger partial charge >= 0.3 is 6.18 Å².